The molecule has 0 spiro atoms. The number of aryl methyl sites for hydroxylation is 1. The largest absolute Gasteiger partial charge is 0.449 e. The van der Waals surface area contributed by atoms with Crippen LogP contribution in [0.1, 0.15) is 5.56 Å². The summed E-state index contributed by atoms with van der Waals surface area (Å²) in [6.45, 7) is 1.57. The van der Waals surface area contributed by atoms with Crippen molar-refractivity contribution >= 4 is 23.0 Å². The summed E-state index contributed by atoms with van der Waals surface area (Å²) in [7, 11) is 0. The van der Waals surface area contributed by atoms with E-state index in [9.17, 15) is 8.78 Å². The Bertz CT molecular complexity index is 647. The third-order valence-corrected chi connectivity index (χ3v) is 2.97. The first kappa shape index (κ1) is 13.4. The smallest absolute Gasteiger partial charge is 0.188 e. The number of nitrogen functional groups attached to an aromatic ring is 2. The van der Waals surface area contributed by atoms with Gasteiger partial charge in [-0.15, -0.1) is 0 Å². The fourth-order valence-corrected chi connectivity index (χ4v) is 1.70. The molecule has 0 saturated heterocycles. The highest BCUT2D eigenvalue weighted by Crippen LogP contribution is 2.38. The number of anilines is 2. The number of hydrogen-bond donors (Lipinski definition) is 2. The Labute approximate surface area is 113 Å². The number of ether oxygens (including phenoxy) is 1. The molecule has 0 amide bonds. The van der Waals surface area contributed by atoms with Gasteiger partial charge in [0.1, 0.15) is 5.02 Å². The highest BCUT2D eigenvalue weighted by atomic mass is 35.5. The van der Waals surface area contributed by atoms with Gasteiger partial charge in [-0.25, -0.2) is 8.78 Å². The van der Waals surface area contributed by atoms with E-state index in [-0.39, 0.29) is 27.9 Å². The lowest BCUT2D eigenvalue weighted by Crippen LogP contribution is -2.01. The van der Waals surface area contributed by atoms with Crippen LogP contribution in [0.5, 0.6) is 11.5 Å². The molecular weight excluding hydrogens is 274 g/mol. The molecule has 0 saturated carbocycles. The molecule has 0 bridgehead atoms. The van der Waals surface area contributed by atoms with Crippen LogP contribution in [0, 0.1) is 18.6 Å². The Kier molecular flexibility index (Phi) is 3.48. The van der Waals surface area contributed by atoms with Crippen molar-refractivity contribution in [1.82, 2.24) is 0 Å². The summed E-state index contributed by atoms with van der Waals surface area (Å²) in [5, 5.41) is -0.308. The van der Waals surface area contributed by atoms with E-state index in [2.05, 4.69) is 0 Å². The molecule has 0 heterocycles. The molecule has 0 radical (unpaired) electrons. The molecule has 0 aliphatic heterocycles. The van der Waals surface area contributed by atoms with E-state index < -0.39 is 11.6 Å². The third-order valence-electron chi connectivity index (χ3n) is 2.59. The Balaban J connectivity index is 2.50. The molecule has 2 aromatic carbocycles. The van der Waals surface area contributed by atoms with Gasteiger partial charge >= 0.3 is 0 Å². The van der Waals surface area contributed by atoms with Crippen LogP contribution in [-0.2, 0) is 0 Å². The van der Waals surface area contributed by atoms with Crippen molar-refractivity contribution < 1.29 is 13.5 Å². The van der Waals surface area contributed by atoms with Gasteiger partial charge in [0.15, 0.2) is 23.1 Å². The molecule has 4 N–H and O–H groups in total. The standard InChI is InChI=1S/C13H11ClF2N2O/c1-6-3-2-4-9(11(6)15)19-13-8(18)5-7(17)10(14)12(13)16/h2-5H,17-18H2,1H3. The first-order valence-corrected chi connectivity index (χ1v) is 5.75. The maximum Gasteiger partial charge on any atom is 0.188 e. The van der Waals surface area contributed by atoms with E-state index in [0.717, 1.165) is 0 Å². The lowest BCUT2D eigenvalue weighted by atomic mass is 10.2. The van der Waals surface area contributed by atoms with E-state index in [0.29, 0.717) is 5.56 Å². The lowest BCUT2D eigenvalue weighted by Gasteiger charge is -2.13. The number of halogens is 3. The number of rotatable bonds is 2. The summed E-state index contributed by atoms with van der Waals surface area (Å²) in [6.07, 6.45) is 0. The van der Waals surface area contributed by atoms with Crippen LogP contribution in [0.2, 0.25) is 5.02 Å². The average Bonchev–Trinajstić information content (AvgIpc) is 2.37. The van der Waals surface area contributed by atoms with Gasteiger partial charge in [0, 0.05) is 0 Å². The molecule has 100 valence electrons. The summed E-state index contributed by atoms with van der Waals surface area (Å²) in [5.74, 6) is -1.98. The van der Waals surface area contributed by atoms with E-state index in [1.165, 1.54) is 12.1 Å². The fraction of sp³-hybridized carbons (Fsp3) is 0.0769. The minimum Gasteiger partial charge on any atom is -0.449 e. The maximum absolute atomic E-state index is 13.9. The van der Waals surface area contributed by atoms with Gasteiger partial charge in [0.05, 0.1) is 11.4 Å². The predicted molar refractivity (Wildman–Crippen MR) is 71.4 cm³/mol. The van der Waals surface area contributed by atoms with Crippen LogP contribution in [0.3, 0.4) is 0 Å². The summed E-state index contributed by atoms with van der Waals surface area (Å²) in [4.78, 5) is 0. The monoisotopic (exact) mass is 284 g/mol. The zero-order chi connectivity index (χ0) is 14.2. The first-order valence-electron chi connectivity index (χ1n) is 5.37. The third kappa shape index (κ3) is 2.42. The Morgan fingerprint density at radius 1 is 1.11 bits per heavy atom. The first-order chi connectivity index (χ1) is 8.91. The van der Waals surface area contributed by atoms with Gasteiger partial charge in [-0.1, -0.05) is 23.7 Å². The van der Waals surface area contributed by atoms with Gasteiger partial charge in [0.2, 0.25) is 0 Å². The topological polar surface area (TPSA) is 61.3 Å². The van der Waals surface area contributed by atoms with E-state index >= 15 is 0 Å². The van der Waals surface area contributed by atoms with Gasteiger partial charge < -0.3 is 16.2 Å². The second-order valence-electron chi connectivity index (χ2n) is 4.00. The molecule has 0 aromatic heterocycles. The average molecular weight is 285 g/mol. The van der Waals surface area contributed by atoms with Crippen molar-refractivity contribution in [3.05, 3.63) is 46.5 Å². The van der Waals surface area contributed by atoms with Crippen LogP contribution >= 0.6 is 11.6 Å². The van der Waals surface area contributed by atoms with Crippen molar-refractivity contribution in [2.45, 2.75) is 6.92 Å². The fourth-order valence-electron chi connectivity index (χ4n) is 1.56. The molecule has 0 aliphatic carbocycles. The van der Waals surface area contributed by atoms with Crippen molar-refractivity contribution in [3.63, 3.8) is 0 Å². The highest BCUT2D eigenvalue weighted by molar-refractivity contribution is 6.33. The van der Waals surface area contributed by atoms with Gasteiger partial charge in [-0.2, -0.15) is 0 Å². The summed E-state index contributed by atoms with van der Waals surface area (Å²) in [5.41, 5.74) is 11.4. The van der Waals surface area contributed by atoms with Crippen LogP contribution in [0.4, 0.5) is 20.2 Å². The van der Waals surface area contributed by atoms with Crippen molar-refractivity contribution in [1.29, 1.82) is 0 Å². The van der Waals surface area contributed by atoms with Crippen LogP contribution in [-0.4, -0.2) is 0 Å². The van der Waals surface area contributed by atoms with Crippen LogP contribution < -0.4 is 16.2 Å². The number of hydrogen-bond acceptors (Lipinski definition) is 3. The lowest BCUT2D eigenvalue weighted by molar-refractivity contribution is 0.415. The molecule has 19 heavy (non-hydrogen) atoms. The molecule has 2 rings (SSSR count). The number of benzene rings is 2. The van der Waals surface area contributed by atoms with E-state index in [1.54, 1.807) is 19.1 Å². The van der Waals surface area contributed by atoms with Gasteiger partial charge in [-0.05, 0) is 24.6 Å². The second-order valence-corrected chi connectivity index (χ2v) is 4.38. The highest BCUT2D eigenvalue weighted by Gasteiger charge is 2.18. The van der Waals surface area contributed by atoms with Gasteiger partial charge in [-0.3, -0.25) is 0 Å². The molecule has 0 atom stereocenters. The Morgan fingerprint density at radius 3 is 2.47 bits per heavy atom. The SMILES string of the molecule is Cc1cccc(Oc2c(N)cc(N)c(Cl)c2F)c1F. The van der Waals surface area contributed by atoms with Gasteiger partial charge in [0.25, 0.3) is 0 Å². The quantitative estimate of drug-likeness (QED) is 0.823. The molecule has 2 aromatic rings. The minimum absolute atomic E-state index is 0.00580. The molecule has 6 heteroatoms. The second kappa shape index (κ2) is 4.93. The van der Waals surface area contributed by atoms with Crippen LogP contribution in [0.15, 0.2) is 24.3 Å². The Hall–Kier alpha value is -2.01. The van der Waals surface area contributed by atoms with Crippen molar-refractivity contribution in [2.24, 2.45) is 0 Å². The van der Waals surface area contributed by atoms with E-state index in [1.807, 2.05) is 0 Å². The maximum atomic E-state index is 13.9. The summed E-state index contributed by atoms with van der Waals surface area (Å²) < 4.78 is 32.9. The number of nitrogens with two attached hydrogens (primary N) is 2. The molecular formula is C13H11ClF2N2O. The molecule has 3 nitrogen and oxygen atoms in total. The molecule has 0 fully saturated rings. The van der Waals surface area contributed by atoms with E-state index in [4.69, 9.17) is 27.8 Å². The minimum atomic E-state index is -0.917. The van der Waals surface area contributed by atoms with Crippen LogP contribution in [0.25, 0.3) is 0 Å². The normalized spacial score (nSPS) is 10.5. The molecule has 0 unspecified atom stereocenters. The Morgan fingerprint density at radius 2 is 1.79 bits per heavy atom. The summed E-state index contributed by atoms with van der Waals surface area (Å²) in [6, 6.07) is 5.78. The zero-order valence-electron chi connectivity index (χ0n) is 10.0. The summed E-state index contributed by atoms with van der Waals surface area (Å²) >= 11 is 5.66. The van der Waals surface area contributed by atoms with Crippen molar-refractivity contribution in [3.8, 4) is 11.5 Å². The van der Waals surface area contributed by atoms with Crippen molar-refractivity contribution in [2.75, 3.05) is 11.5 Å². The predicted octanol–water partition coefficient (Wildman–Crippen LogP) is 3.88. The molecule has 0 aliphatic rings. The zero-order valence-corrected chi connectivity index (χ0v) is 10.8.